The highest BCUT2D eigenvalue weighted by atomic mass is 35.5. The molecule has 0 aliphatic heterocycles. The quantitative estimate of drug-likeness (QED) is 0.817. The van der Waals surface area contributed by atoms with Gasteiger partial charge in [0.1, 0.15) is 17.3 Å². The molecule has 3 N–H and O–H groups in total. The molecule has 0 aliphatic rings. The summed E-state index contributed by atoms with van der Waals surface area (Å²) in [5.41, 5.74) is 1.28. The average Bonchev–Trinajstić information content (AvgIpc) is 2.55. The van der Waals surface area contributed by atoms with Crippen molar-refractivity contribution in [2.24, 2.45) is 5.73 Å². The van der Waals surface area contributed by atoms with Crippen LogP contribution in [-0.4, -0.2) is 29.9 Å². The van der Waals surface area contributed by atoms with Gasteiger partial charge in [-0.3, -0.25) is 0 Å². The lowest BCUT2D eigenvalue weighted by Gasteiger charge is -2.29. The molecule has 1 aromatic carbocycles. The summed E-state index contributed by atoms with van der Waals surface area (Å²) in [7, 11) is 1.30. The predicted molar refractivity (Wildman–Crippen MR) is 80.2 cm³/mol. The van der Waals surface area contributed by atoms with Crippen LogP contribution in [0.15, 0.2) is 30.3 Å². The fraction of sp³-hybridized carbons (Fsp3) is 0.267. The van der Waals surface area contributed by atoms with Crippen LogP contribution in [0.1, 0.15) is 5.69 Å². The molecule has 0 aliphatic carbocycles. The Morgan fingerprint density at radius 1 is 1.25 bits per heavy atom. The van der Waals surface area contributed by atoms with Crippen LogP contribution in [0, 0.1) is 5.82 Å². The first-order valence-corrected chi connectivity index (χ1v) is 7.02. The molecule has 2 rings (SSSR count). The molecule has 0 spiro atoms. The standard InChI is InChI=1S/C15H13ClF4N2O2/c1-24-11-4-5-12(14(23,7-21)15(18,19)20)22-13(11)8-2-3-10(17)9(16)6-8/h2-6,23H,7,21H2,1H3/t14-/m1/s1. The van der Waals surface area contributed by atoms with Crippen molar-refractivity contribution in [3.8, 4) is 17.0 Å². The van der Waals surface area contributed by atoms with E-state index >= 15 is 0 Å². The molecule has 130 valence electrons. The minimum atomic E-state index is -5.03. The summed E-state index contributed by atoms with van der Waals surface area (Å²) >= 11 is 5.70. The lowest BCUT2D eigenvalue weighted by molar-refractivity contribution is -0.263. The Morgan fingerprint density at radius 3 is 2.42 bits per heavy atom. The van der Waals surface area contributed by atoms with Gasteiger partial charge in [-0.15, -0.1) is 0 Å². The van der Waals surface area contributed by atoms with Crippen molar-refractivity contribution in [1.29, 1.82) is 0 Å². The summed E-state index contributed by atoms with van der Waals surface area (Å²) in [5, 5.41) is 9.69. The number of nitrogens with two attached hydrogens (primary N) is 1. The number of aromatic nitrogens is 1. The number of methoxy groups -OCH3 is 1. The summed E-state index contributed by atoms with van der Waals surface area (Å²) in [4.78, 5) is 3.84. The van der Waals surface area contributed by atoms with E-state index in [1.54, 1.807) is 0 Å². The SMILES string of the molecule is COc1ccc([C@](O)(CN)C(F)(F)F)nc1-c1ccc(F)c(Cl)c1. The van der Waals surface area contributed by atoms with Crippen molar-refractivity contribution in [2.75, 3.05) is 13.7 Å². The average molecular weight is 365 g/mol. The van der Waals surface area contributed by atoms with Gasteiger partial charge >= 0.3 is 6.18 Å². The third-order valence-corrected chi connectivity index (χ3v) is 3.75. The molecule has 0 unspecified atom stereocenters. The van der Waals surface area contributed by atoms with Gasteiger partial charge in [-0.05, 0) is 30.3 Å². The number of benzene rings is 1. The Kier molecular flexibility index (Phi) is 5.03. The van der Waals surface area contributed by atoms with Gasteiger partial charge in [0, 0.05) is 12.1 Å². The molecule has 1 atom stereocenters. The van der Waals surface area contributed by atoms with Crippen LogP contribution in [0.25, 0.3) is 11.3 Å². The largest absolute Gasteiger partial charge is 0.494 e. The molecule has 0 amide bonds. The molecular formula is C15H13ClF4N2O2. The number of rotatable bonds is 4. The summed E-state index contributed by atoms with van der Waals surface area (Å²) in [6.07, 6.45) is -5.03. The maximum Gasteiger partial charge on any atom is 0.424 e. The van der Waals surface area contributed by atoms with Gasteiger partial charge in [-0.25, -0.2) is 9.37 Å². The van der Waals surface area contributed by atoms with E-state index < -0.39 is 29.8 Å². The number of hydrogen-bond acceptors (Lipinski definition) is 4. The monoisotopic (exact) mass is 364 g/mol. The molecule has 1 heterocycles. The Bertz CT molecular complexity index is 755. The van der Waals surface area contributed by atoms with Crippen molar-refractivity contribution in [3.63, 3.8) is 0 Å². The fourth-order valence-electron chi connectivity index (χ4n) is 2.06. The van der Waals surface area contributed by atoms with E-state index in [2.05, 4.69) is 4.98 Å². The zero-order valence-electron chi connectivity index (χ0n) is 12.4. The molecule has 9 heteroatoms. The van der Waals surface area contributed by atoms with E-state index in [4.69, 9.17) is 22.1 Å². The molecule has 0 saturated carbocycles. The molecule has 2 aromatic rings. The van der Waals surface area contributed by atoms with Crippen LogP contribution in [-0.2, 0) is 5.60 Å². The second kappa shape index (κ2) is 6.54. The van der Waals surface area contributed by atoms with Crippen LogP contribution >= 0.6 is 11.6 Å². The van der Waals surface area contributed by atoms with E-state index in [1.807, 2.05) is 0 Å². The minimum Gasteiger partial charge on any atom is -0.494 e. The highest BCUT2D eigenvalue weighted by Gasteiger charge is 2.55. The number of aliphatic hydroxyl groups is 1. The highest BCUT2D eigenvalue weighted by Crippen LogP contribution is 2.40. The van der Waals surface area contributed by atoms with Crippen LogP contribution in [0.4, 0.5) is 17.6 Å². The molecule has 0 fully saturated rings. The number of hydrogen-bond donors (Lipinski definition) is 2. The molecule has 24 heavy (non-hydrogen) atoms. The number of pyridine rings is 1. The van der Waals surface area contributed by atoms with Gasteiger partial charge in [0.15, 0.2) is 0 Å². The van der Waals surface area contributed by atoms with E-state index in [0.717, 1.165) is 12.1 Å². The smallest absolute Gasteiger partial charge is 0.424 e. The van der Waals surface area contributed by atoms with Gasteiger partial charge in [0.05, 0.1) is 17.8 Å². The van der Waals surface area contributed by atoms with Crippen LogP contribution in [0.2, 0.25) is 5.02 Å². The highest BCUT2D eigenvalue weighted by molar-refractivity contribution is 6.31. The molecule has 0 radical (unpaired) electrons. The first-order chi connectivity index (χ1) is 11.1. The zero-order chi connectivity index (χ0) is 18.1. The van der Waals surface area contributed by atoms with Crippen molar-refractivity contribution in [1.82, 2.24) is 4.98 Å². The van der Waals surface area contributed by atoms with E-state index in [1.165, 1.54) is 25.3 Å². The van der Waals surface area contributed by atoms with Gasteiger partial charge < -0.3 is 15.6 Å². The molecule has 0 saturated heterocycles. The van der Waals surface area contributed by atoms with Gasteiger partial charge in [-0.1, -0.05) is 11.6 Å². The van der Waals surface area contributed by atoms with Gasteiger partial charge in [-0.2, -0.15) is 13.2 Å². The fourth-order valence-corrected chi connectivity index (χ4v) is 2.24. The van der Waals surface area contributed by atoms with Crippen LogP contribution in [0.3, 0.4) is 0 Å². The van der Waals surface area contributed by atoms with Crippen molar-refractivity contribution >= 4 is 11.6 Å². The summed E-state index contributed by atoms with van der Waals surface area (Å²) in [6.45, 7) is -1.11. The third-order valence-electron chi connectivity index (χ3n) is 3.46. The zero-order valence-corrected chi connectivity index (χ0v) is 13.1. The lowest BCUT2D eigenvalue weighted by atomic mass is 9.97. The van der Waals surface area contributed by atoms with E-state index in [0.29, 0.717) is 0 Å². The first kappa shape index (κ1) is 18.4. The number of halogens is 5. The van der Waals surface area contributed by atoms with Gasteiger partial charge in [0.2, 0.25) is 5.60 Å². The second-order valence-electron chi connectivity index (χ2n) is 4.94. The molecular weight excluding hydrogens is 352 g/mol. The summed E-state index contributed by atoms with van der Waals surface area (Å²) in [6, 6.07) is 5.70. The Labute approximate surface area is 139 Å². The first-order valence-electron chi connectivity index (χ1n) is 6.64. The van der Waals surface area contributed by atoms with Crippen molar-refractivity contribution in [2.45, 2.75) is 11.8 Å². The van der Waals surface area contributed by atoms with Crippen molar-refractivity contribution in [3.05, 3.63) is 46.9 Å². The predicted octanol–water partition coefficient (Wildman–Crippen LogP) is 3.26. The topological polar surface area (TPSA) is 68.4 Å². The maximum absolute atomic E-state index is 13.3. The molecule has 0 bridgehead atoms. The van der Waals surface area contributed by atoms with Gasteiger partial charge in [0.25, 0.3) is 0 Å². The second-order valence-corrected chi connectivity index (χ2v) is 5.35. The summed E-state index contributed by atoms with van der Waals surface area (Å²) < 4.78 is 57.8. The number of alkyl halides is 3. The minimum absolute atomic E-state index is 0.0342. The Hall–Kier alpha value is -1.90. The van der Waals surface area contributed by atoms with Crippen LogP contribution in [0.5, 0.6) is 5.75 Å². The lowest BCUT2D eigenvalue weighted by Crippen LogP contribution is -2.48. The normalized spacial score (nSPS) is 14.3. The van der Waals surface area contributed by atoms with Crippen molar-refractivity contribution < 1.29 is 27.4 Å². The Balaban J connectivity index is 2.66. The number of nitrogens with zero attached hydrogens (tertiary/aromatic N) is 1. The summed E-state index contributed by atoms with van der Waals surface area (Å²) in [5.74, 6) is -0.563. The number of ether oxygens (including phenoxy) is 1. The Morgan fingerprint density at radius 2 is 1.92 bits per heavy atom. The molecule has 4 nitrogen and oxygen atoms in total. The van der Waals surface area contributed by atoms with E-state index in [-0.39, 0.29) is 22.0 Å². The van der Waals surface area contributed by atoms with E-state index in [9.17, 15) is 22.7 Å². The molecule has 1 aromatic heterocycles. The van der Waals surface area contributed by atoms with Crippen LogP contribution < -0.4 is 10.5 Å². The maximum atomic E-state index is 13.3. The third kappa shape index (κ3) is 3.17.